The van der Waals surface area contributed by atoms with E-state index >= 15 is 0 Å². The molecule has 1 fully saturated rings. The summed E-state index contributed by atoms with van der Waals surface area (Å²) in [6, 6.07) is 7.03. The van der Waals surface area contributed by atoms with Gasteiger partial charge in [0.05, 0.1) is 18.3 Å². The first-order valence-corrected chi connectivity index (χ1v) is 16.6. The molecule has 1 N–H and O–H groups in total. The van der Waals surface area contributed by atoms with Gasteiger partial charge in [-0.2, -0.15) is 13.5 Å². The first-order chi connectivity index (χ1) is 21.8. The van der Waals surface area contributed by atoms with E-state index in [4.69, 9.17) is 8.92 Å². The molecule has 0 saturated carbocycles. The summed E-state index contributed by atoms with van der Waals surface area (Å²) in [4.78, 5) is 53.1. The van der Waals surface area contributed by atoms with Gasteiger partial charge in [0.25, 0.3) is 10.1 Å². The number of benzene rings is 1. The molecule has 2 amide bonds. The lowest BCUT2D eigenvalue weighted by molar-refractivity contribution is -0.137. The van der Waals surface area contributed by atoms with E-state index in [2.05, 4.69) is 41.3 Å². The topological polar surface area (TPSA) is 176 Å². The van der Waals surface area contributed by atoms with Crippen molar-refractivity contribution in [2.45, 2.75) is 39.0 Å². The fraction of sp³-hybridized carbons (Fsp3) is 0.345. The molecule has 4 heterocycles. The molecule has 2 atom stereocenters. The Hall–Kier alpha value is -4.35. The number of nitrogens with zero attached hydrogens (tertiary/aromatic N) is 6. The van der Waals surface area contributed by atoms with Crippen LogP contribution in [0.3, 0.4) is 0 Å². The van der Waals surface area contributed by atoms with Gasteiger partial charge in [-0.3, -0.25) is 23.2 Å². The number of Topliss-reactive ketones (excluding diaryl/α,β-unsaturated/α-hetero) is 1. The number of ether oxygens (including phenoxy) is 1. The molecular formula is C29H29BrFN7O7S. The summed E-state index contributed by atoms with van der Waals surface area (Å²) in [5.74, 6) is -0.539. The summed E-state index contributed by atoms with van der Waals surface area (Å²) >= 11 is 3.23. The van der Waals surface area contributed by atoms with Gasteiger partial charge in [-0.1, -0.05) is 6.07 Å². The summed E-state index contributed by atoms with van der Waals surface area (Å²) in [5, 5.41) is 7.43. The van der Waals surface area contributed by atoms with E-state index in [0.717, 1.165) is 11.2 Å². The second-order valence-corrected chi connectivity index (χ2v) is 13.0. The van der Waals surface area contributed by atoms with Crippen molar-refractivity contribution in [1.82, 2.24) is 29.6 Å². The normalized spacial score (nSPS) is 16.5. The number of amides is 2. The second-order valence-electron chi connectivity index (χ2n) is 10.6. The summed E-state index contributed by atoms with van der Waals surface area (Å²) in [5.41, 5.74) is 1.44. The van der Waals surface area contributed by atoms with Gasteiger partial charge in [0, 0.05) is 48.3 Å². The van der Waals surface area contributed by atoms with Crippen LogP contribution in [0.15, 0.2) is 47.3 Å². The van der Waals surface area contributed by atoms with Crippen LogP contribution in [-0.4, -0.2) is 93.9 Å². The van der Waals surface area contributed by atoms with Crippen LogP contribution >= 0.6 is 15.9 Å². The molecule has 14 nitrogen and oxygen atoms in total. The smallest absolute Gasteiger partial charge is 0.264 e. The number of carbonyl (C=O) groups is 3. The Kier molecular flexibility index (Phi) is 9.74. The molecule has 3 aromatic heterocycles. The monoisotopic (exact) mass is 717 g/mol. The van der Waals surface area contributed by atoms with E-state index in [0.29, 0.717) is 32.5 Å². The number of nitrogens with one attached hydrogen (secondary N) is 1. The number of aryl methyl sites for hydroxylation is 1. The number of likely N-dealkylation sites (tertiary alicyclic amines) is 1. The molecule has 1 aromatic carbocycles. The van der Waals surface area contributed by atoms with Crippen molar-refractivity contribution < 1.29 is 36.1 Å². The van der Waals surface area contributed by atoms with Crippen LogP contribution in [0.1, 0.15) is 29.7 Å². The lowest BCUT2D eigenvalue weighted by Gasteiger charge is -2.23. The van der Waals surface area contributed by atoms with Crippen molar-refractivity contribution in [1.29, 1.82) is 0 Å². The zero-order valence-electron chi connectivity index (χ0n) is 24.9. The standard InChI is InChI=1S/C29H29BrFN7O7S/c1-16(39)28-21-10-20(18-12-32-17(2)33-13-18)24(44-7-8-45-46(3,42)43)11-22(21)38(36-28)15-27(40)37-14-19(31)9-23(37)29(41)35-26-6-4-5-25(30)34-26/h4-6,10-13,19,23H,7-9,14-15H2,1-3H3,(H,34,35,41)/t19-,23+/m1/s1. The molecule has 5 rings (SSSR count). The first-order valence-electron chi connectivity index (χ1n) is 14.0. The SMILES string of the molecule is CC(=O)c1nn(CC(=O)N2C[C@H](F)C[C@H]2C(=O)Nc2cccc(Br)n2)c2cc(OCCOS(C)(=O)=O)c(-c3cnc(C)nc3)cc12. The van der Waals surface area contributed by atoms with E-state index in [9.17, 15) is 27.2 Å². The molecule has 1 aliphatic rings. The van der Waals surface area contributed by atoms with Crippen molar-refractivity contribution >= 4 is 60.4 Å². The predicted octanol–water partition coefficient (Wildman–Crippen LogP) is 3.09. The highest BCUT2D eigenvalue weighted by atomic mass is 79.9. The van der Waals surface area contributed by atoms with E-state index < -0.39 is 40.7 Å². The van der Waals surface area contributed by atoms with E-state index in [-0.39, 0.29) is 49.2 Å². The average Bonchev–Trinajstić information content (AvgIpc) is 3.55. The van der Waals surface area contributed by atoms with Gasteiger partial charge in [-0.25, -0.2) is 19.3 Å². The number of ketones is 1. The molecule has 0 aliphatic carbocycles. The van der Waals surface area contributed by atoms with Gasteiger partial charge in [-0.05, 0) is 41.1 Å². The number of halogens is 2. The molecule has 1 aliphatic heterocycles. The number of rotatable bonds is 11. The Morgan fingerprint density at radius 2 is 1.89 bits per heavy atom. The minimum absolute atomic E-state index is 0.0730. The molecule has 0 radical (unpaired) electrons. The third-order valence-electron chi connectivity index (χ3n) is 7.04. The number of fused-ring (bicyclic) bond motifs is 1. The van der Waals surface area contributed by atoms with Crippen LogP contribution in [0.5, 0.6) is 5.75 Å². The molecular weight excluding hydrogens is 689 g/mol. The van der Waals surface area contributed by atoms with Crippen LogP contribution in [0.25, 0.3) is 22.0 Å². The van der Waals surface area contributed by atoms with Gasteiger partial charge in [0.1, 0.15) is 59.7 Å². The Labute approximate surface area is 271 Å². The maximum atomic E-state index is 14.6. The first kappa shape index (κ1) is 33.0. The van der Waals surface area contributed by atoms with E-state index in [1.807, 2.05) is 0 Å². The Morgan fingerprint density at radius 3 is 2.57 bits per heavy atom. The fourth-order valence-corrected chi connectivity index (χ4v) is 5.72. The minimum Gasteiger partial charge on any atom is -0.490 e. The van der Waals surface area contributed by atoms with E-state index in [1.165, 1.54) is 11.6 Å². The van der Waals surface area contributed by atoms with Crippen LogP contribution < -0.4 is 10.1 Å². The number of alkyl halides is 1. The molecule has 17 heteroatoms. The summed E-state index contributed by atoms with van der Waals surface area (Å²) in [6.45, 7) is 1.92. The zero-order valence-corrected chi connectivity index (χ0v) is 27.3. The molecule has 46 heavy (non-hydrogen) atoms. The zero-order chi connectivity index (χ0) is 33.2. The molecule has 0 spiro atoms. The highest BCUT2D eigenvalue weighted by Crippen LogP contribution is 2.36. The largest absolute Gasteiger partial charge is 0.490 e. The van der Waals surface area contributed by atoms with E-state index in [1.54, 1.807) is 49.6 Å². The van der Waals surface area contributed by atoms with Crippen LogP contribution in [-0.2, 0) is 30.4 Å². The van der Waals surface area contributed by atoms with Gasteiger partial charge in [0.15, 0.2) is 5.78 Å². The third kappa shape index (κ3) is 7.71. The maximum absolute atomic E-state index is 14.6. The van der Waals surface area contributed by atoms with Crippen molar-refractivity contribution in [3.8, 4) is 16.9 Å². The number of anilines is 1. The van der Waals surface area contributed by atoms with Crippen LogP contribution in [0, 0.1) is 6.92 Å². The highest BCUT2D eigenvalue weighted by molar-refractivity contribution is 9.10. The molecule has 0 unspecified atom stereocenters. The Bertz CT molecular complexity index is 1920. The van der Waals surface area contributed by atoms with Gasteiger partial charge in [-0.15, -0.1) is 0 Å². The number of hydrogen-bond acceptors (Lipinski definition) is 11. The van der Waals surface area contributed by atoms with Crippen LogP contribution in [0.2, 0.25) is 0 Å². The Balaban J connectivity index is 1.47. The quantitative estimate of drug-likeness (QED) is 0.104. The predicted molar refractivity (Wildman–Crippen MR) is 167 cm³/mol. The highest BCUT2D eigenvalue weighted by Gasteiger charge is 2.40. The van der Waals surface area contributed by atoms with Gasteiger partial charge in [0.2, 0.25) is 11.8 Å². The second kappa shape index (κ2) is 13.6. The number of carbonyl (C=O) groups excluding carboxylic acids is 3. The molecule has 4 aromatic rings. The van der Waals surface area contributed by atoms with Crippen LogP contribution in [0.4, 0.5) is 10.2 Å². The fourth-order valence-electron chi connectivity index (χ4n) is 5.01. The lowest BCUT2D eigenvalue weighted by Crippen LogP contribution is -2.44. The molecule has 242 valence electrons. The Morgan fingerprint density at radius 1 is 1.15 bits per heavy atom. The van der Waals surface area contributed by atoms with Crippen molar-refractivity contribution in [2.24, 2.45) is 0 Å². The van der Waals surface area contributed by atoms with Crippen molar-refractivity contribution in [3.05, 3.63) is 58.8 Å². The van der Waals surface area contributed by atoms with Crippen molar-refractivity contribution in [2.75, 3.05) is 31.3 Å². The molecule has 0 bridgehead atoms. The van der Waals surface area contributed by atoms with Crippen molar-refractivity contribution in [3.63, 3.8) is 0 Å². The summed E-state index contributed by atoms with van der Waals surface area (Å²) in [7, 11) is -3.70. The average molecular weight is 719 g/mol. The molecule has 1 saturated heterocycles. The van der Waals surface area contributed by atoms with Gasteiger partial charge < -0.3 is 15.0 Å². The summed E-state index contributed by atoms with van der Waals surface area (Å²) in [6.07, 6.45) is 2.44. The number of hydrogen-bond donors (Lipinski definition) is 1. The third-order valence-corrected chi connectivity index (χ3v) is 8.08. The minimum atomic E-state index is -3.70. The number of aromatic nitrogens is 5. The summed E-state index contributed by atoms with van der Waals surface area (Å²) < 4.78 is 49.9. The lowest BCUT2D eigenvalue weighted by atomic mass is 10.0. The number of pyridine rings is 1. The maximum Gasteiger partial charge on any atom is 0.264 e. The van der Waals surface area contributed by atoms with Gasteiger partial charge >= 0.3 is 0 Å².